The molecule has 2 fully saturated rings. The first-order valence-electron chi connectivity index (χ1n) is 11.2. The van der Waals surface area contributed by atoms with Crippen molar-refractivity contribution in [1.29, 1.82) is 10.5 Å². The minimum absolute atomic E-state index is 0.0142. The summed E-state index contributed by atoms with van der Waals surface area (Å²) in [5, 5.41) is 17.6. The van der Waals surface area contributed by atoms with Crippen LogP contribution in [0.15, 0.2) is 36.4 Å². The maximum atomic E-state index is 11.4. The maximum Gasteiger partial charge on any atom is 0.150 e. The van der Waals surface area contributed by atoms with Crippen molar-refractivity contribution in [2.24, 2.45) is 11.8 Å². The average molecular weight is 405 g/mol. The number of carbonyl (C=O) groups is 1. The number of hydrogen-bond donors (Lipinski definition) is 0. The summed E-state index contributed by atoms with van der Waals surface area (Å²) in [6, 6.07) is 12.1. The van der Waals surface area contributed by atoms with Gasteiger partial charge in [0.25, 0.3) is 0 Å². The van der Waals surface area contributed by atoms with Gasteiger partial charge in [0.15, 0.2) is 5.78 Å². The lowest BCUT2D eigenvalue weighted by Gasteiger charge is -2.37. The van der Waals surface area contributed by atoms with Crippen molar-refractivity contribution >= 4 is 11.5 Å². The zero-order chi connectivity index (χ0) is 21.2. The number of Topliss-reactive ketones (excluding diaryl/α,β-unsaturated/α-hetero) is 1. The Balaban J connectivity index is 1.32. The SMILES string of the molecule is N#CCC(=O)C/C=C/C1CCC(CCN2CCN(c3cccc(C#N)c3)CC2)CC1. The van der Waals surface area contributed by atoms with Crippen LogP contribution < -0.4 is 4.90 Å². The lowest BCUT2D eigenvalue weighted by Crippen LogP contribution is -2.47. The highest BCUT2D eigenvalue weighted by molar-refractivity contribution is 5.81. The van der Waals surface area contributed by atoms with Crippen LogP contribution in [0.2, 0.25) is 0 Å². The molecule has 0 atom stereocenters. The van der Waals surface area contributed by atoms with Gasteiger partial charge in [-0.1, -0.05) is 18.2 Å². The maximum absolute atomic E-state index is 11.4. The van der Waals surface area contributed by atoms with Gasteiger partial charge in [0, 0.05) is 38.3 Å². The standard InChI is InChI=1S/C25H32N4O/c26-13-11-25(30)6-2-3-21-7-9-22(10-8-21)12-14-28-15-17-29(18-16-28)24-5-1-4-23(19-24)20-27/h1-5,19,21-22H,6-12,14-18H2/b3-2+. The van der Waals surface area contributed by atoms with E-state index in [4.69, 9.17) is 10.5 Å². The van der Waals surface area contributed by atoms with Gasteiger partial charge < -0.3 is 4.90 Å². The molecular weight excluding hydrogens is 372 g/mol. The van der Waals surface area contributed by atoms with E-state index in [0.717, 1.165) is 43.3 Å². The summed E-state index contributed by atoms with van der Waals surface area (Å²) in [5.41, 5.74) is 1.89. The van der Waals surface area contributed by atoms with Crippen LogP contribution in [-0.4, -0.2) is 43.4 Å². The van der Waals surface area contributed by atoms with Gasteiger partial charge in [-0.25, -0.2) is 0 Å². The second-order valence-electron chi connectivity index (χ2n) is 8.57. The van der Waals surface area contributed by atoms with Crippen molar-refractivity contribution in [3.05, 3.63) is 42.0 Å². The van der Waals surface area contributed by atoms with Crippen LogP contribution in [-0.2, 0) is 4.79 Å². The van der Waals surface area contributed by atoms with Gasteiger partial charge in [0.2, 0.25) is 0 Å². The van der Waals surface area contributed by atoms with Crippen molar-refractivity contribution in [2.75, 3.05) is 37.6 Å². The van der Waals surface area contributed by atoms with Crippen LogP contribution in [0.25, 0.3) is 0 Å². The van der Waals surface area contributed by atoms with Crippen LogP contribution in [0, 0.1) is 34.5 Å². The van der Waals surface area contributed by atoms with Gasteiger partial charge in [0.1, 0.15) is 0 Å². The zero-order valence-electron chi connectivity index (χ0n) is 17.8. The number of nitrogens with zero attached hydrogens (tertiary/aromatic N) is 4. The fourth-order valence-electron chi connectivity index (χ4n) is 4.59. The summed E-state index contributed by atoms with van der Waals surface area (Å²) >= 11 is 0. The van der Waals surface area contributed by atoms with Gasteiger partial charge in [-0.2, -0.15) is 10.5 Å². The zero-order valence-corrected chi connectivity index (χ0v) is 17.8. The van der Waals surface area contributed by atoms with E-state index in [1.165, 1.54) is 38.6 Å². The second kappa shape index (κ2) is 11.5. The smallest absolute Gasteiger partial charge is 0.150 e. The van der Waals surface area contributed by atoms with Crippen LogP contribution in [0.3, 0.4) is 0 Å². The molecule has 0 amide bonds. The number of benzene rings is 1. The molecule has 5 heteroatoms. The Morgan fingerprint density at radius 2 is 1.87 bits per heavy atom. The number of carbonyl (C=O) groups excluding carboxylic acids is 1. The molecule has 1 aliphatic carbocycles. The van der Waals surface area contributed by atoms with Crippen molar-refractivity contribution in [3.63, 3.8) is 0 Å². The third-order valence-corrected chi connectivity index (χ3v) is 6.49. The van der Waals surface area contributed by atoms with E-state index in [9.17, 15) is 4.79 Å². The van der Waals surface area contributed by atoms with Crippen molar-refractivity contribution in [1.82, 2.24) is 4.90 Å². The van der Waals surface area contributed by atoms with E-state index in [1.807, 2.05) is 30.3 Å². The summed E-state index contributed by atoms with van der Waals surface area (Å²) in [5.74, 6) is 1.43. The number of ketones is 1. The minimum Gasteiger partial charge on any atom is -0.369 e. The largest absolute Gasteiger partial charge is 0.369 e. The number of nitriles is 2. The lowest BCUT2D eigenvalue weighted by molar-refractivity contribution is -0.117. The van der Waals surface area contributed by atoms with E-state index >= 15 is 0 Å². The van der Waals surface area contributed by atoms with E-state index in [0.29, 0.717) is 12.3 Å². The van der Waals surface area contributed by atoms with Gasteiger partial charge in [-0.3, -0.25) is 9.69 Å². The molecule has 1 aromatic rings. The first-order valence-corrected chi connectivity index (χ1v) is 11.2. The minimum atomic E-state index is 0.0142. The Bertz CT molecular complexity index is 803. The molecule has 0 radical (unpaired) electrons. The first-order chi connectivity index (χ1) is 14.7. The highest BCUT2D eigenvalue weighted by atomic mass is 16.1. The Hall–Kier alpha value is -2.63. The van der Waals surface area contributed by atoms with Crippen LogP contribution in [0.5, 0.6) is 0 Å². The fourth-order valence-corrected chi connectivity index (χ4v) is 4.59. The van der Waals surface area contributed by atoms with Gasteiger partial charge in [-0.05, 0) is 68.7 Å². The molecule has 0 bridgehead atoms. The normalized spacial score (nSPS) is 22.5. The Morgan fingerprint density at radius 1 is 1.10 bits per heavy atom. The highest BCUT2D eigenvalue weighted by Crippen LogP contribution is 2.32. The topological polar surface area (TPSA) is 71.1 Å². The molecular formula is C25H32N4O. The third-order valence-electron chi connectivity index (χ3n) is 6.49. The highest BCUT2D eigenvalue weighted by Gasteiger charge is 2.22. The number of rotatable bonds is 8. The van der Waals surface area contributed by atoms with Crippen LogP contribution >= 0.6 is 0 Å². The van der Waals surface area contributed by atoms with E-state index in [2.05, 4.69) is 28.0 Å². The van der Waals surface area contributed by atoms with E-state index < -0.39 is 0 Å². The first kappa shape index (κ1) is 22.1. The molecule has 1 saturated heterocycles. The summed E-state index contributed by atoms with van der Waals surface area (Å²) < 4.78 is 0. The van der Waals surface area contributed by atoms with Gasteiger partial charge >= 0.3 is 0 Å². The van der Waals surface area contributed by atoms with E-state index in [1.54, 1.807) is 0 Å². The molecule has 0 N–H and O–H groups in total. The predicted octanol–water partition coefficient (Wildman–Crippen LogP) is 4.31. The molecule has 0 unspecified atom stereocenters. The fraction of sp³-hybridized carbons (Fsp3) is 0.560. The molecule has 5 nitrogen and oxygen atoms in total. The molecule has 1 saturated carbocycles. The van der Waals surface area contributed by atoms with E-state index in [-0.39, 0.29) is 12.2 Å². The quantitative estimate of drug-likeness (QED) is 0.604. The number of allylic oxidation sites excluding steroid dienone is 2. The lowest BCUT2D eigenvalue weighted by atomic mass is 9.80. The molecule has 1 aromatic carbocycles. The molecule has 2 aliphatic rings. The number of anilines is 1. The summed E-state index contributed by atoms with van der Waals surface area (Å²) in [7, 11) is 0. The van der Waals surface area contributed by atoms with Crippen molar-refractivity contribution in [2.45, 2.75) is 44.9 Å². The van der Waals surface area contributed by atoms with Gasteiger partial charge in [-0.15, -0.1) is 0 Å². The average Bonchev–Trinajstić information content (AvgIpc) is 2.79. The molecule has 1 aliphatic heterocycles. The molecule has 30 heavy (non-hydrogen) atoms. The molecule has 0 aromatic heterocycles. The molecule has 1 heterocycles. The van der Waals surface area contributed by atoms with Crippen LogP contribution in [0.1, 0.15) is 50.5 Å². The predicted molar refractivity (Wildman–Crippen MR) is 119 cm³/mol. The molecule has 3 rings (SSSR count). The number of piperazine rings is 1. The monoisotopic (exact) mass is 404 g/mol. The Labute approximate surface area is 180 Å². The van der Waals surface area contributed by atoms with Crippen molar-refractivity contribution in [3.8, 4) is 12.1 Å². The Kier molecular flexibility index (Phi) is 8.48. The number of hydrogen-bond acceptors (Lipinski definition) is 5. The third kappa shape index (κ3) is 6.71. The summed E-state index contributed by atoms with van der Waals surface area (Å²) in [4.78, 5) is 16.4. The second-order valence-corrected chi connectivity index (χ2v) is 8.57. The van der Waals surface area contributed by atoms with Gasteiger partial charge in [0.05, 0.1) is 24.1 Å². The summed E-state index contributed by atoms with van der Waals surface area (Å²) in [6.45, 7) is 5.41. The van der Waals surface area contributed by atoms with Crippen LogP contribution in [0.4, 0.5) is 5.69 Å². The molecule has 158 valence electrons. The molecule has 0 spiro atoms. The Morgan fingerprint density at radius 3 is 2.57 bits per heavy atom. The summed E-state index contributed by atoms with van der Waals surface area (Å²) in [6.07, 6.45) is 10.9. The van der Waals surface area contributed by atoms with Crippen molar-refractivity contribution < 1.29 is 4.79 Å².